The Morgan fingerprint density at radius 1 is 1.31 bits per heavy atom. The minimum Gasteiger partial charge on any atom is -0.493 e. The number of amides is 1. The lowest BCUT2D eigenvalue weighted by molar-refractivity contribution is -0.153. The van der Waals surface area contributed by atoms with Gasteiger partial charge in [0.1, 0.15) is 0 Å². The SMILES string of the molecule is COc1cc(CNC(=O)C2CCCC(N)C2)ccc1OCC(F)(F)F.Cl. The van der Waals surface area contributed by atoms with E-state index in [1.54, 1.807) is 12.1 Å². The van der Waals surface area contributed by atoms with Crippen LogP contribution in [0, 0.1) is 5.92 Å². The number of methoxy groups -OCH3 is 1. The van der Waals surface area contributed by atoms with Crippen LogP contribution in [0.2, 0.25) is 0 Å². The van der Waals surface area contributed by atoms with Crippen LogP contribution in [0.5, 0.6) is 11.5 Å². The van der Waals surface area contributed by atoms with Gasteiger partial charge in [0.05, 0.1) is 7.11 Å². The van der Waals surface area contributed by atoms with E-state index in [1.165, 1.54) is 13.2 Å². The molecular weight excluding hydrogens is 373 g/mol. The zero-order valence-electron chi connectivity index (χ0n) is 14.5. The summed E-state index contributed by atoms with van der Waals surface area (Å²) in [5.74, 6) is 0.0652. The lowest BCUT2D eigenvalue weighted by Crippen LogP contribution is -2.37. The Labute approximate surface area is 156 Å². The second-order valence-corrected chi connectivity index (χ2v) is 6.23. The molecule has 1 saturated carbocycles. The number of ether oxygens (including phenoxy) is 2. The first kappa shape index (κ1) is 22.4. The predicted octanol–water partition coefficient (Wildman–Crippen LogP) is 3.19. The van der Waals surface area contributed by atoms with Crippen LogP contribution in [0.4, 0.5) is 13.2 Å². The summed E-state index contributed by atoms with van der Waals surface area (Å²) < 4.78 is 46.5. The molecule has 0 saturated heterocycles. The van der Waals surface area contributed by atoms with Crippen molar-refractivity contribution in [3.05, 3.63) is 23.8 Å². The van der Waals surface area contributed by atoms with E-state index in [2.05, 4.69) is 5.32 Å². The van der Waals surface area contributed by atoms with Gasteiger partial charge in [-0.15, -0.1) is 12.4 Å². The highest BCUT2D eigenvalue weighted by Crippen LogP contribution is 2.30. The highest BCUT2D eigenvalue weighted by molar-refractivity contribution is 5.85. The third kappa shape index (κ3) is 6.92. The molecule has 1 fully saturated rings. The van der Waals surface area contributed by atoms with E-state index in [9.17, 15) is 18.0 Å². The molecule has 0 spiro atoms. The molecule has 0 bridgehead atoms. The van der Waals surface area contributed by atoms with Gasteiger partial charge in [-0.25, -0.2) is 0 Å². The number of benzene rings is 1. The van der Waals surface area contributed by atoms with Gasteiger partial charge >= 0.3 is 6.18 Å². The standard InChI is InChI=1S/C17H23F3N2O3.ClH/c1-24-15-7-11(5-6-14(15)25-10-17(18,19)20)9-22-16(23)12-3-2-4-13(21)8-12;/h5-7,12-13H,2-4,8-10,21H2,1H3,(H,22,23);1H. The molecule has 1 aromatic carbocycles. The number of halogens is 4. The average molecular weight is 397 g/mol. The van der Waals surface area contributed by atoms with Crippen LogP contribution in [-0.2, 0) is 11.3 Å². The summed E-state index contributed by atoms with van der Waals surface area (Å²) in [6, 6.07) is 4.62. The lowest BCUT2D eigenvalue weighted by Gasteiger charge is -2.25. The summed E-state index contributed by atoms with van der Waals surface area (Å²) in [4.78, 5) is 12.2. The molecule has 0 aliphatic heterocycles. The molecule has 148 valence electrons. The van der Waals surface area contributed by atoms with E-state index < -0.39 is 12.8 Å². The van der Waals surface area contributed by atoms with Gasteiger partial charge < -0.3 is 20.5 Å². The Morgan fingerprint density at radius 2 is 2.04 bits per heavy atom. The molecule has 0 aromatic heterocycles. The van der Waals surface area contributed by atoms with Crippen LogP contribution in [0.3, 0.4) is 0 Å². The molecule has 2 atom stereocenters. The monoisotopic (exact) mass is 396 g/mol. The Hall–Kier alpha value is -1.67. The number of carbonyl (C=O) groups excluding carboxylic acids is 1. The molecule has 9 heteroatoms. The van der Waals surface area contributed by atoms with Crippen molar-refractivity contribution in [2.75, 3.05) is 13.7 Å². The van der Waals surface area contributed by atoms with Crippen molar-refractivity contribution in [1.82, 2.24) is 5.32 Å². The van der Waals surface area contributed by atoms with Crippen molar-refractivity contribution in [3.8, 4) is 11.5 Å². The normalized spacial score (nSPS) is 20.0. The lowest BCUT2D eigenvalue weighted by atomic mass is 9.85. The maximum atomic E-state index is 12.2. The zero-order chi connectivity index (χ0) is 18.4. The number of rotatable bonds is 6. The van der Waals surface area contributed by atoms with Gasteiger partial charge in [-0.3, -0.25) is 4.79 Å². The third-order valence-electron chi connectivity index (χ3n) is 4.17. The number of hydrogen-bond acceptors (Lipinski definition) is 4. The van der Waals surface area contributed by atoms with E-state index in [1.807, 2.05) is 0 Å². The second kappa shape index (κ2) is 9.87. The number of hydrogen-bond donors (Lipinski definition) is 2. The smallest absolute Gasteiger partial charge is 0.422 e. The quantitative estimate of drug-likeness (QED) is 0.774. The van der Waals surface area contributed by atoms with Gasteiger partial charge in [0.2, 0.25) is 5.91 Å². The summed E-state index contributed by atoms with van der Waals surface area (Å²) in [6.45, 7) is -1.12. The number of nitrogens with two attached hydrogens (primary N) is 1. The molecule has 2 unspecified atom stereocenters. The first-order chi connectivity index (χ1) is 11.8. The highest BCUT2D eigenvalue weighted by Gasteiger charge is 2.29. The fraction of sp³-hybridized carbons (Fsp3) is 0.588. The molecule has 1 aliphatic carbocycles. The van der Waals surface area contributed by atoms with E-state index in [0.29, 0.717) is 12.0 Å². The molecule has 2 rings (SSSR count). The molecular formula is C17H24ClF3N2O3. The van der Waals surface area contributed by atoms with Crippen molar-refractivity contribution in [2.24, 2.45) is 11.7 Å². The fourth-order valence-electron chi connectivity index (χ4n) is 2.90. The number of alkyl halides is 3. The maximum Gasteiger partial charge on any atom is 0.422 e. The molecule has 26 heavy (non-hydrogen) atoms. The van der Waals surface area contributed by atoms with Gasteiger partial charge in [0, 0.05) is 18.5 Å². The second-order valence-electron chi connectivity index (χ2n) is 6.23. The van der Waals surface area contributed by atoms with Gasteiger partial charge in [0.15, 0.2) is 18.1 Å². The average Bonchev–Trinajstić information content (AvgIpc) is 2.57. The Bertz CT molecular complexity index is 599. The first-order valence-electron chi connectivity index (χ1n) is 8.18. The van der Waals surface area contributed by atoms with E-state index in [-0.39, 0.29) is 48.3 Å². The van der Waals surface area contributed by atoms with Gasteiger partial charge in [-0.2, -0.15) is 13.2 Å². The predicted molar refractivity (Wildman–Crippen MR) is 93.6 cm³/mol. The Balaban J connectivity index is 0.00000338. The molecule has 5 nitrogen and oxygen atoms in total. The van der Waals surface area contributed by atoms with Crippen LogP contribution in [0.15, 0.2) is 18.2 Å². The maximum absolute atomic E-state index is 12.2. The molecule has 0 heterocycles. The van der Waals surface area contributed by atoms with Crippen LogP contribution in [0.25, 0.3) is 0 Å². The minimum atomic E-state index is -4.42. The van der Waals surface area contributed by atoms with E-state index >= 15 is 0 Å². The third-order valence-corrected chi connectivity index (χ3v) is 4.17. The topological polar surface area (TPSA) is 73.6 Å². The van der Waals surface area contributed by atoms with Crippen LogP contribution >= 0.6 is 12.4 Å². The van der Waals surface area contributed by atoms with Gasteiger partial charge in [-0.05, 0) is 37.0 Å². The van der Waals surface area contributed by atoms with Crippen molar-refractivity contribution in [3.63, 3.8) is 0 Å². The van der Waals surface area contributed by atoms with E-state index in [4.69, 9.17) is 15.2 Å². The minimum absolute atomic E-state index is 0. The molecule has 0 radical (unpaired) electrons. The Kier molecular flexibility index (Phi) is 8.49. The number of nitrogens with one attached hydrogen (secondary N) is 1. The zero-order valence-corrected chi connectivity index (χ0v) is 15.3. The fourth-order valence-corrected chi connectivity index (χ4v) is 2.90. The first-order valence-corrected chi connectivity index (χ1v) is 8.18. The van der Waals surface area contributed by atoms with Crippen LogP contribution < -0.4 is 20.5 Å². The number of carbonyl (C=O) groups is 1. The molecule has 1 aliphatic rings. The van der Waals surface area contributed by atoms with Crippen molar-refractivity contribution >= 4 is 18.3 Å². The summed E-state index contributed by atoms with van der Waals surface area (Å²) in [6.07, 6.45) is -1.02. The van der Waals surface area contributed by atoms with Crippen LogP contribution in [0.1, 0.15) is 31.2 Å². The summed E-state index contributed by atoms with van der Waals surface area (Å²) >= 11 is 0. The highest BCUT2D eigenvalue weighted by atomic mass is 35.5. The Morgan fingerprint density at radius 3 is 2.65 bits per heavy atom. The summed E-state index contributed by atoms with van der Waals surface area (Å²) in [5.41, 5.74) is 6.61. The summed E-state index contributed by atoms with van der Waals surface area (Å²) in [5, 5.41) is 2.85. The van der Waals surface area contributed by atoms with E-state index in [0.717, 1.165) is 19.3 Å². The van der Waals surface area contributed by atoms with Gasteiger partial charge in [-0.1, -0.05) is 12.5 Å². The van der Waals surface area contributed by atoms with Crippen molar-refractivity contribution in [2.45, 2.75) is 44.4 Å². The largest absolute Gasteiger partial charge is 0.493 e. The van der Waals surface area contributed by atoms with Crippen LogP contribution in [-0.4, -0.2) is 31.8 Å². The van der Waals surface area contributed by atoms with Gasteiger partial charge in [0.25, 0.3) is 0 Å². The summed E-state index contributed by atoms with van der Waals surface area (Å²) in [7, 11) is 1.35. The molecule has 1 amide bonds. The van der Waals surface area contributed by atoms with Crippen molar-refractivity contribution in [1.29, 1.82) is 0 Å². The molecule has 3 N–H and O–H groups in total. The van der Waals surface area contributed by atoms with Crippen molar-refractivity contribution < 1.29 is 27.4 Å². The molecule has 1 aromatic rings.